The molecule has 0 aromatic carbocycles. The maximum Gasteiger partial charge on any atom is 0.239 e. The lowest BCUT2D eigenvalue weighted by molar-refractivity contribution is -0.122. The Morgan fingerprint density at radius 2 is 0.759 bits per heavy atom. The number of pyridine rings is 8. The monoisotopic (exact) mass is 1990 g/mol. The summed E-state index contributed by atoms with van der Waals surface area (Å²) >= 11 is 0. The van der Waals surface area contributed by atoms with E-state index in [4.69, 9.17) is 15.2 Å². The molecule has 1 amide bonds. The van der Waals surface area contributed by atoms with Gasteiger partial charge in [-0.15, -0.1) is 0 Å². The molecule has 14 heterocycles. The third kappa shape index (κ3) is 46.4. The minimum atomic E-state index is -0.787. The quantitative estimate of drug-likeness (QED) is 0.0479. The van der Waals surface area contributed by atoms with Crippen LogP contribution in [0.4, 0.5) is 11.6 Å². The SMILES string of the molecule is CC(C)(C)c1ccc(CC(=O)CN2CCCC2)nc1.CC(C)(C)c1ccc(CC(=O)[C@@H]2CCCN2)nc1.CC(C)(C)c1ccc(CCCN2CCOCC2)nc1.CC(C)(C)c1ccnc(N2CCOCC2)c1.CC(C)(C)c1ccnc(NC(=O)CN2CCCCC2)c1.CC(C)(N)C(=O)Cc1ccc(C(C)(C)C)cn1.CC(C)C(=O)Cc1ccc(C(C)(C)C)cn1.C[C@H]1CCN(CC(=O)Cc2ccc(C(C)(C)C)cn2)C1. The van der Waals surface area contributed by atoms with Crippen molar-refractivity contribution >= 4 is 46.5 Å². The topological polar surface area (TPSA) is 290 Å². The summed E-state index contributed by atoms with van der Waals surface area (Å²) in [5.41, 5.74) is 21.3. The Morgan fingerprint density at radius 3 is 1.14 bits per heavy atom. The molecule has 0 saturated carbocycles. The van der Waals surface area contributed by atoms with Gasteiger partial charge in [-0.2, -0.15) is 0 Å². The second kappa shape index (κ2) is 57.3. The van der Waals surface area contributed by atoms with Crippen molar-refractivity contribution in [2.75, 3.05) is 135 Å². The van der Waals surface area contributed by atoms with E-state index in [2.05, 4.69) is 297 Å². The predicted octanol–water partition coefficient (Wildman–Crippen LogP) is 20.7. The average molecular weight is 1990 g/mol. The predicted molar refractivity (Wildman–Crippen MR) is 595 cm³/mol. The molecule has 0 aliphatic carbocycles. The maximum absolute atomic E-state index is 12.1. The molecule has 6 aliphatic rings. The van der Waals surface area contributed by atoms with E-state index in [9.17, 15) is 28.8 Å². The largest absolute Gasteiger partial charge is 0.379 e. The number of likely N-dealkylation sites (tertiary alicyclic amines) is 3. The number of aromatic nitrogens is 8. The number of ether oxygens (including phenoxy) is 2. The van der Waals surface area contributed by atoms with Crippen LogP contribution >= 0.6 is 0 Å². The van der Waals surface area contributed by atoms with Crippen LogP contribution in [0.1, 0.15) is 337 Å². The number of hydrogen-bond acceptors (Lipinski definition) is 23. The third-order valence-corrected chi connectivity index (χ3v) is 26.9. The minimum Gasteiger partial charge on any atom is -0.379 e. The van der Waals surface area contributed by atoms with Crippen LogP contribution in [-0.2, 0) is 120 Å². The number of carbonyl (C=O) groups is 6. The van der Waals surface area contributed by atoms with Gasteiger partial charge in [0, 0.05) is 129 Å². The highest BCUT2D eigenvalue weighted by Gasteiger charge is 2.29. The second-order valence-electron chi connectivity index (χ2n) is 49.6. The molecular weight excluding hydrogens is 1810 g/mol. The van der Waals surface area contributed by atoms with Crippen LogP contribution in [0.25, 0.3) is 0 Å². The van der Waals surface area contributed by atoms with Gasteiger partial charge in [0.05, 0.1) is 83.3 Å². The molecule has 24 nitrogen and oxygen atoms in total. The van der Waals surface area contributed by atoms with Crippen molar-refractivity contribution in [3.05, 3.63) is 225 Å². The molecule has 0 bridgehead atoms. The molecule has 6 aliphatic heterocycles. The summed E-state index contributed by atoms with van der Waals surface area (Å²) in [4.78, 5) is 118. The first-order chi connectivity index (χ1) is 67.7. The summed E-state index contributed by atoms with van der Waals surface area (Å²) < 4.78 is 10.7. The number of morpholine rings is 2. The lowest BCUT2D eigenvalue weighted by Crippen LogP contribution is -2.42. The van der Waals surface area contributed by atoms with Gasteiger partial charge in [0.1, 0.15) is 17.4 Å². The van der Waals surface area contributed by atoms with Crippen molar-refractivity contribution in [2.45, 2.75) is 352 Å². The molecule has 145 heavy (non-hydrogen) atoms. The summed E-state index contributed by atoms with van der Waals surface area (Å²) in [6, 6.07) is 32.9. The lowest BCUT2D eigenvalue weighted by Gasteiger charge is -2.29. The molecule has 0 spiro atoms. The van der Waals surface area contributed by atoms with Crippen molar-refractivity contribution in [3.63, 3.8) is 0 Å². The maximum atomic E-state index is 12.1. The van der Waals surface area contributed by atoms with Crippen LogP contribution in [-0.4, -0.2) is 230 Å². The number of Topliss-reactive ketones (excluding diaryl/α,β-unsaturated/α-hetero) is 5. The van der Waals surface area contributed by atoms with Gasteiger partial charge in [-0.05, 0) is 272 Å². The van der Waals surface area contributed by atoms with E-state index in [1.165, 1.54) is 95.1 Å². The molecule has 24 heteroatoms. The van der Waals surface area contributed by atoms with Crippen molar-refractivity contribution in [2.24, 2.45) is 17.6 Å². The van der Waals surface area contributed by atoms with Crippen LogP contribution in [0, 0.1) is 11.8 Å². The lowest BCUT2D eigenvalue weighted by atomic mass is 9.88. The van der Waals surface area contributed by atoms with Gasteiger partial charge >= 0.3 is 0 Å². The van der Waals surface area contributed by atoms with E-state index >= 15 is 0 Å². The van der Waals surface area contributed by atoms with E-state index in [1.807, 2.05) is 106 Å². The number of rotatable bonds is 25. The number of carbonyl (C=O) groups excluding carboxylic acids is 6. The fourth-order valence-corrected chi connectivity index (χ4v) is 16.7. The highest BCUT2D eigenvalue weighted by atomic mass is 16.5. The van der Waals surface area contributed by atoms with Crippen LogP contribution in [0.15, 0.2) is 147 Å². The van der Waals surface area contributed by atoms with Crippen molar-refractivity contribution < 1.29 is 38.2 Å². The van der Waals surface area contributed by atoms with E-state index < -0.39 is 5.54 Å². The summed E-state index contributed by atoms with van der Waals surface area (Å²) in [5, 5.41) is 6.14. The Bertz CT molecular complexity index is 5190. The number of ketones is 5. The molecule has 0 radical (unpaired) electrons. The second-order valence-corrected chi connectivity index (χ2v) is 49.6. The zero-order valence-electron chi connectivity index (χ0n) is 94.8. The normalized spacial score (nSPS) is 16.9. The van der Waals surface area contributed by atoms with Gasteiger partial charge in [-0.25, -0.2) is 9.97 Å². The van der Waals surface area contributed by atoms with Gasteiger partial charge in [0.15, 0.2) is 23.1 Å². The van der Waals surface area contributed by atoms with Crippen LogP contribution in [0.5, 0.6) is 0 Å². The highest BCUT2D eigenvalue weighted by Crippen LogP contribution is 2.31. The van der Waals surface area contributed by atoms with Gasteiger partial charge < -0.3 is 30.7 Å². The molecular formula is C121H186N16O8. The zero-order chi connectivity index (χ0) is 107. The summed E-state index contributed by atoms with van der Waals surface area (Å²) in [5.74, 6) is 3.65. The highest BCUT2D eigenvalue weighted by molar-refractivity contribution is 5.91. The summed E-state index contributed by atoms with van der Waals surface area (Å²) in [6.07, 6.45) is 28.9. The number of nitrogens with zero attached hydrogens (tertiary/aromatic N) is 13. The fourth-order valence-electron chi connectivity index (χ4n) is 16.7. The van der Waals surface area contributed by atoms with Crippen molar-refractivity contribution in [3.8, 4) is 0 Å². The minimum absolute atomic E-state index is 0.00788. The first kappa shape index (κ1) is 122. The van der Waals surface area contributed by atoms with Gasteiger partial charge in [0.25, 0.3) is 0 Å². The zero-order valence-corrected chi connectivity index (χ0v) is 94.8. The first-order valence-electron chi connectivity index (χ1n) is 53.6. The molecule has 0 unspecified atom stereocenters. The fraction of sp³-hybridized carbons (Fsp3) is 0.620. The number of hydrogen-bond donors (Lipinski definition) is 3. The average Bonchev–Trinajstić information content (AvgIpc) is 1.75. The van der Waals surface area contributed by atoms with Gasteiger partial charge in [-0.1, -0.05) is 230 Å². The molecule has 8 aromatic heterocycles. The van der Waals surface area contributed by atoms with Crippen LogP contribution in [0.2, 0.25) is 0 Å². The van der Waals surface area contributed by atoms with Crippen LogP contribution < -0.4 is 21.3 Å². The molecule has 6 saturated heterocycles. The Kier molecular flexibility index (Phi) is 48.4. The summed E-state index contributed by atoms with van der Waals surface area (Å²) in [6.45, 7) is 79.3. The molecule has 6 fully saturated rings. The van der Waals surface area contributed by atoms with E-state index in [0.717, 1.165) is 164 Å². The number of anilines is 2. The first-order valence-corrected chi connectivity index (χ1v) is 53.6. The Morgan fingerprint density at radius 1 is 0.386 bits per heavy atom. The number of amides is 1. The summed E-state index contributed by atoms with van der Waals surface area (Å²) in [7, 11) is 0. The molecule has 2 atom stereocenters. The Labute approximate surface area is 874 Å². The third-order valence-electron chi connectivity index (χ3n) is 26.9. The van der Waals surface area contributed by atoms with E-state index in [1.54, 1.807) is 20.0 Å². The number of aryl methyl sites for hydroxylation is 1. The number of nitrogens with two attached hydrogens (primary N) is 1. The molecule has 8 aromatic rings. The van der Waals surface area contributed by atoms with Crippen molar-refractivity contribution in [1.82, 2.24) is 64.8 Å². The van der Waals surface area contributed by atoms with Crippen LogP contribution in [0.3, 0.4) is 0 Å². The number of nitrogens with one attached hydrogen (secondary N) is 2. The molecule has 798 valence electrons. The van der Waals surface area contributed by atoms with Crippen molar-refractivity contribution in [1.29, 1.82) is 0 Å². The van der Waals surface area contributed by atoms with E-state index in [-0.39, 0.29) is 90.1 Å². The smallest absolute Gasteiger partial charge is 0.239 e. The number of piperidine rings is 1. The van der Waals surface area contributed by atoms with E-state index in [0.29, 0.717) is 57.6 Å². The van der Waals surface area contributed by atoms with Gasteiger partial charge in [0.2, 0.25) is 5.91 Å². The molecule has 14 rings (SSSR count). The molecule has 4 N–H and O–H groups in total. The standard InChI is InChI=1S/C17H26N2O.C16H25N3O.C16H26N2O.C16H24N2O.C15H22N2O.C14H22N2O.C14H21NO.C13H20N2O/c1-13-7-8-19(11-13)12-16(20)9-15-6-5-14(10-18-15)17(2,3)4;1-16(2,3)13-7-8-17-14(11-13)18-15(20)12-19-9-5-4-6-10-19;1-16(2,3)14-6-7-15(17-13-14)5-4-8-18-9-11-19-12-10-18;1-16(2,3)13-6-7-14(17-11-13)10-15(19)12-18-8-4-5-9-18;1-15(2,3)11-6-7-12(17-10-11)9-14(18)13-5-4-8-16-13;1-13(2,3)10-6-7-11(16-9-10)8-12(17)14(4,5)15;1-10(2)13(16)8-12-7-6-11(9-15-12)14(3,4)5;1-13(2,3)11-4-5-14-12(10-11)15-6-8-16-9-7-15/h5-6,10,13H,7-9,11-12H2,1-4H3;7-8,11H,4-6,9-10,12H2,1-3H3,(H,17,18,20);6-7,13H,4-5,8-12H2,1-3H3;6-7,11H,4-5,8-10,12H2,1-3H3;6-7,10,13,16H,4-5,8-9H2,1-3H3;6-7,9H,8,15H2,1-5H3;6-7,9-10H,8H2,1-5H3;4-5,10H,6-9H2,1-3H3/t13-;;;;13-;;;/m0...0.../s1. The van der Waals surface area contributed by atoms with Gasteiger partial charge in [-0.3, -0.25) is 78.3 Å². The Hall–Kier alpha value is -9.50. The Balaban J connectivity index is 0.000000225.